The topological polar surface area (TPSA) is 17.8 Å². The molecule has 1 aromatic heterocycles. The highest BCUT2D eigenvalue weighted by atomic mass is 32.2. The number of unbranched alkanes of at least 4 members (excludes halogenated alkanes) is 1. The second-order valence-corrected chi connectivity index (χ2v) is 10.5. The van der Waals surface area contributed by atoms with Crippen LogP contribution in [0.4, 0.5) is 0 Å². The molecule has 1 saturated heterocycles. The van der Waals surface area contributed by atoms with Gasteiger partial charge in [-0.1, -0.05) is 49.6 Å². The number of aromatic nitrogens is 2. The molecule has 1 aromatic carbocycles. The molecule has 0 saturated carbocycles. The SMILES string of the molecule is CCCCC1CSC(CCCn2ccnc2)(Cc2ccc(C)cc2)S1. The van der Waals surface area contributed by atoms with Gasteiger partial charge in [-0.3, -0.25) is 0 Å². The van der Waals surface area contributed by atoms with Crippen molar-refractivity contribution in [2.45, 2.75) is 68.2 Å². The van der Waals surface area contributed by atoms with Gasteiger partial charge >= 0.3 is 0 Å². The summed E-state index contributed by atoms with van der Waals surface area (Å²) >= 11 is 4.50. The lowest BCUT2D eigenvalue weighted by molar-refractivity contribution is 0.578. The Labute approximate surface area is 161 Å². The van der Waals surface area contributed by atoms with Gasteiger partial charge in [-0.2, -0.15) is 0 Å². The average Bonchev–Trinajstić information content (AvgIpc) is 3.26. The zero-order valence-corrected chi connectivity index (χ0v) is 17.1. The van der Waals surface area contributed by atoms with Crippen LogP contribution >= 0.6 is 23.5 Å². The molecule has 1 fully saturated rings. The Balaban J connectivity index is 1.63. The first-order valence-electron chi connectivity index (χ1n) is 9.52. The van der Waals surface area contributed by atoms with Crippen molar-refractivity contribution < 1.29 is 0 Å². The van der Waals surface area contributed by atoms with Crippen LogP contribution in [0.25, 0.3) is 0 Å². The van der Waals surface area contributed by atoms with Crippen LogP contribution in [0.2, 0.25) is 0 Å². The molecule has 0 spiro atoms. The standard InChI is InChI=1S/C21H30N2S2/c1-3-4-6-20-16-24-21(25-20,11-5-13-23-14-12-22-17-23)15-19-9-7-18(2)8-10-19/h7-10,12,14,17,20H,3-6,11,13,15-16H2,1-2H3. The Kier molecular flexibility index (Phi) is 6.94. The summed E-state index contributed by atoms with van der Waals surface area (Å²) in [5.41, 5.74) is 2.84. The van der Waals surface area contributed by atoms with Crippen LogP contribution in [0.15, 0.2) is 43.0 Å². The molecule has 0 bridgehead atoms. The minimum atomic E-state index is 0.355. The van der Waals surface area contributed by atoms with E-state index in [1.807, 2.05) is 12.5 Å². The summed E-state index contributed by atoms with van der Waals surface area (Å²) in [4.78, 5) is 4.16. The molecule has 2 unspecified atom stereocenters. The van der Waals surface area contributed by atoms with Crippen LogP contribution in [0, 0.1) is 6.92 Å². The van der Waals surface area contributed by atoms with Crippen LogP contribution in [-0.4, -0.2) is 24.6 Å². The van der Waals surface area contributed by atoms with Gasteiger partial charge in [0.1, 0.15) is 0 Å². The lowest BCUT2D eigenvalue weighted by atomic mass is 10.0. The summed E-state index contributed by atoms with van der Waals surface area (Å²) in [6, 6.07) is 9.17. The van der Waals surface area contributed by atoms with Crippen LogP contribution in [0.3, 0.4) is 0 Å². The first-order chi connectivity index (χ1) is 12.2. The Morgan fingerprint density at radius 2 is 2.08 bits per heavy atom. The molecule has 0 radical (unpaired) electrons. The van der Waals surface area contributed by atoms with E-state index in [0.717, 1.165) is 11.8 Å². The molecule has 3 rings (SSSR count). The summed E-state index contributed by atoms with van der Waals surface area (Å²) in [7, 11) is 0. The fourth-order valence-electron chi connectivity index (χ4n) is 3.47. The van der Waals surface area contributed by atoms with E-state index in [0.29, 0.717) is 4.08 Å². The van der Waals surface area contributed by atoms with Crippen molar-refractivity contribution in [1.29, 1.82) is 0 Å². The Hall–Kier alpha value is -0.870. The zero-order valence-electron chi connectivity index (χ0n) is 15.5. The molecule has 25 heavy (non-hydrogen) atoms. The number of aryl methyl sites for hydroxylation is 2. The fraction of sp³-hybridized carbons (Fsp3) is 0.571. The molecule has 0 N–H and O–H groups in total. The molecule has 1 aliphatic heterocycles. The predicted molar refractivity (Wildman–Crippen MR) is 112 cm³/mol. The van der Waals surface area contributed by atoms with E-state index in [2.05, 4.69) is 77.4 Å². The summed E-state index contributed by atoms with van der Waals surface area (Å²) in [6.07, 6.45) is 13.6. The van der Waals surface area contributed by atoms with E-state index in [9.17, 15) is 0 Å². The van der Waals surface area contributed by atoms with Gasteiger partial charge < -0.3 is 4.57 Å². The smallest absolute Gasteiger partial charge is 0.0945 e. The Morgan fingerprint density at radius 1 is 1.24 bits per heavy atom. The first-order valence-corrected chi connectivity index (χ1v) is 11.4. The molecule has 1 aliphatic rings. The molecule has 2 atom stereocenters. The van der Waals surface area contributed by atoms with Crippen LogP contribution < -0.4 is 0 Å². The second kappa shape index (κ2) is 9.18. The first kappa shape index (κ1) is 18.9. The molecular weight excluding hydrogens is 344 g/mol. The van der Waals surface area contributed by atoms with Crippen LogP contribution in [0.1, 0.15) is 50.2 Å². The van der Waals surface area contributed by atoms with Crippen molar-refractivity contribution in [2.75, 3.05) is 5.75 Å². The lowest BCUT2D eigenvalue weighted by Gasteiger charge is -2.28. The molecule has 0 aliphatic carbocycles. The minimum absolute atomic E-state index is 0.355. The number of hydrogen-bond acceptors (Lipinski definition) is 3. The molecular formula is C21H30N2S2. The van der Waals surface area contributed by atoms with E-state index in [1.54, 1.807) is 0 Å². The quantitative estimate of drug-likeness (QED) is 0.540. The number of rotatable bonds is 9. The zero-order chi connectivity index (χ0) is 17.5. The minimum Gasteiger partial charge on any atom is -0.337 e. The van der Waals surface area contributed by atoms with Crippen molar-refractivity contribution in [3.05, 3.63) is 54.1 Å². The molecule has 136 valence electrons. The van der Waals surface area contributed by atoms with E-state index < -0.39 is 0 Å². The van der Waals surface area contributed by atoms with Crippen LogP contribution in [0.5, 0.6) is 0 Å². The van der Waals surface area contributed by atoms with Gasteiger partial charge in [-0.25, -0.2) is 4.98 Å². The number of thioether (sulfide) groups is 2. The largest absolute Gasteiger partial charge is 0.337 e. The van der Waals surface area contributed by atoms with Crippen molar-refractivity contribution in [2.24, 2.45) is 0 Å². The van der Waals surface area contributed by atoms with Crippen molar-refractivity contribution in [1.82, 2.24) is 9.55 Å². The lowest BCUT2D eigenvalue weighted by Crippen LogP contribution is -2.22. The maximum Gasteiger partial charge on any atom is 0.0945 e. The Bertz CT molecular complexity index is 624. The normalized spacial score (nSPS) is 23.2. The molecule has 2 aromatic rings. The van der Waals surface area contributed by atoms with E-state index in [4.69, 9.17) is 0 Å². The summed E-state index contributed by atoms with van der Waals surface area (Å²) in [5, 5.41) is 0.837. The molecule has 4 heteroatoms. The highest BCUT2D eigenvalue weighted by Gasteiger charge is 2.40. The summed E-state index contributed by atoms with van der Waals surface area (Å²) in [5.74, 6) is 1.32. The van der Waals surface area contributed by atoms with E-state index >= 15 is 0 Å². The molecule has 2 heterocycles. The van der Waals surface area contributed by atoms with Crippen molar-refractivity contribution in [3.8, 4) is 0 Å². The monoisotopic (exact) mass is 374 g/mol. The van der Waals surface area contributed by atoms with Crippen molar-refractivity contribution >= 4 is 23.5 Å². The van der Waals surface area contributed by atoms with Gasteiger partial charge in [0, 0.05) is 29.9 Å². The third kappa shape index (κ3) is 5.55. The highest BCUT2D eigenvalue weighted by molar-refractivity contribution is 8.21. The fourth-order valence-corrected chi connectivity index (χ4v) is 7.45. The maximum absolute atomic E-state index is 4.16. The number of hydrogen-bond donors (Lipinski definition) is 0. The average molecular weight is 375 g/mol. The third-order valence-electron chi connectivity index (χ3n) is 4.92. The van der Waals surface area contributed by atoms with E-state index in [-0.39, 0.29) is 0 Å². The second-order valence-electron chi connectivity index (χ2n) is 7.17. The summed E-state index contributed by atoms with van der Waals surface area (Å²) < 4.78 is 2.56. The molecule has 2 nitrogen and oxygen atoms in total. The van der Waals surface area contributed by atoms with Gasteiger partial charge in [-0.05, 0) is 38.2 Å². The van der Waals surface area contributed by atoms with Crippen LogP contribution in [-0.2, 0) is 13.0 Å². The Morgan fingerprint density at radius 3 is 2.80 bits per heavy atom. The van der Waals surface area contributed by atoms with E-state index in [1.165, 1.54) is 55.4 Å². The number of imidazole rings is 1. The number of nitrogens with zero attached hydrogens (tertiary/aromatic N) is 2. The summed E-state index contributed by atoms with van der Waals surface area (Å²) in [6.45, 7) is 5.55. The maximum atomic E-state index is 4.16. The predicted octanol–water partition coefficient (Wildman–Crippen LogP) is 5.95. The third-order valence-corrected chi connectivity index (χ3v) is 8.73. The van der Waals surface area contributed by atoms with Gasteiger partial charge in [0.25, 0.3) is 0 Å². The van der Waals surface area contributed by atoms with Gasteiger partial charge in [0.05, 0.1) is 10.4 Å². The highest BCUT2D eigenvalue weighted by Crippen LogP contribution is 2.53. The molecule has 0 amide bonds. The van der Waals surface area contributed by atoms with Gasteiger partial charge in [0.2, 0.25) is 0 Å². The van der Waals surface area contributed by atoms with Gasteiger partial charge in [-0.15, -0.1) is 23.5 Å². The number of benzene rings is 1. The van der Waals surface area contributed by atoms with Crippen molar-refractivity contribution in [3.63, 3.8) is 0 Å². The van der Waals surface area contributed by atoms with Gasteiger partial charge in [0.15, 0.2) is 0 Å².